The second-order valence-corrected chi connectivity index (χ2v) is 6.44. The van der Waals surface area contributed by atoms with Gasteiger partial charge < -0.3 is 10.1 Å². The summed E-state index contributed by atoms with van der Waals surface area (Å²) in [5.74, 6) is 0.873. The molecule has 0 radical (unpaired) electrons. The maximum atomic E-state index is 12.4. The fraction of sp³-hybridized carbons (Fsp3) is 0.174. The van der Waals surface area contributed by atoms with Gasteiger partial charge in [-0.2, -0.15) is 0 Å². The van der Waals surface area contributed by atoms with Gasteiger partial charge in [0.2, 0.25) is 0 Å². The lowest BCUT2D eigenvalue weighted by atomic mass is 10.0. The molecule has 0 saturated carbocycles. The summed E-state index contributed by atoms with van der Waals surface area (Å²) in [5, 5.41) is 2.96. The van der Waals surface area contributed by atoms with Crippen LogP contribution in [0.15, 0.2) is 78.9 Å². The average molecular weight is 345 g/mol. The van der Waals surface area contributed by atoms with Gasteiger partial charge in [0.15, 0.2) is 6.61 Å². The number of rotatable bonds is 6. The smallest absolute Gasteiger partial charge is 0.262 e. The molecule has 0 fully saturated rings. The summed E-state index contributed by atoms with van der Waals surface area (Å²) in [4.78, 5) is 12.4. The predicted octanol–water partition coefficient (Wildman–Crippen LogP) is 5.49. The van der Waals surface area contributed by atoms with E-state index < -0.39 is 0 Å². The Morgan fingerprint density at radius 2 is 1.54 bits per heavy atom. The first-order valence-corrected chi connectivity index (χ1v) is 8.81. The van der Waals surface area contributed by atoms with E-state index in [2.05, 4.69) is 19.2 Å². The molecule has 3 nitrogen and oxygen atoms in total. The van der Waals surface area contributed by atoms with Gasteiger partial charge in [-0.25, -0.2) is 0 Å². The monoisotopic (exact) mass is 345 g/mol. The van der Waals surface area contributed by atoms with Gasteiger partial charge in [0.1, 0.15) is 5.75 Å². The van der Waals surface area contributed by atoms with Crippen LogP contribution in [0, 0.1) is 0 Å². The molecule has 0 heterocycles. The Bertz CT molecular complexity index is 872. The molecule has 0 aliphatic heterocycles. The summed E-state index contributed by atoms with van der Waals surface area (Å²) in [6.45, 7) is 4.19. The third-order valence-corrected chi connectivity index (χ3v) is 4.19. The minimum absolute atomic E-state index is 0.0315. The van der Waals surface area contributed by atoms with Crippen molar-refractivity contribution in [1.29, 1.82) is 0 Å². The summed E-state index contributed by atoms with van der Waals surface area (Å²) in [6, 6.07) is 25.6. The first-order valence-electron chi connectivity index (χ1n) is 8.81. The lowest BCUT2D eigenvalue weighted by Crippen LogP contribution is -2.21. The van der Waals surface area contributed by atoms with Crippen LogP contribution in [0.25, 0.3) is 11.1 Å². The van der Waals surface area contributed by atoms with E-state index in [0.29, 0.717) is 11.7 Å². The van der Waals surface area contributed by atoms with E-state index in [9.17, 15) is 4.79 Å². The van der Waals surface area contributed by atoms with E-state index in [0.717, 1.165) is 22.4 Å². The highest BCUT2D eigenvalue weighted by Gasteiger charge is 2.11. The molecule has 3 aromatic rings. The number of carbonyl (C=O) groups is 1. The van der Waals surface area contributed by atoms with Crippen molar-refractivity contribution in [2.75, 3.05) is 11.9 Å². The number of hydrogen-bond donors (Lipinski definition) is 1. The number of amides is 1. The number of nitrogens with one attached hydrogen (secondary N) is 1. The Morgan fingerprint density at radius 1 is 0.885 bits per heavy atom. The van der Waals surface area contributed by atoms with Crippen molar-refractivity contribution in [2.45, 2.75) is 19.8 Å². The number of ether oxygens (including phenoxy) is 1. The van der Waals surface area contributed by atoms with E-state index in [1.165, 1.54) is 0 Å². The Labute approximate surface area is 154 Å². The SMILES string of the molecule is CC(C)c1ccccc1NC(=O)COc1ccccc1-c1ccccc1. The van der Waals surface area contributed by atoms with Gasteiger partial charge in [0.05, 0.1) is 0 Å². The van der Waals surface area contributed by atoms with Crippen molar-refractivity contribution in [1.82, 2.24) is 0 Å². The van der Waals surface area contributed by atoms with Crippen LogP contribution in [-0.2, 0) is 4.79 Å². The van der Waals surface area contributed by atoms with Crippen LogP contribution in [0.5, 0.6) is 5.75 Å². The quantitative estimate of drug-likeness (QED) is 0.641. The number of benzene rings is 3. The zero-order valence-corrected chi connectivity index (χ0v) is 15.1. The van der Waals surface area contributed by atoms with Crippen LogP contribution in [0.3, 0.4) is 0 Å². The minimum atomic E-state index is -0.166. The average Bonchev–Trinajstić information content (AvgIpc) is 2.67. The Kier molecular flexibility index (Phi) is 5.69. The van der Waals surface area contributed by atoms with Crippen molar-refractivity contribution in [3.8, 4) is 16.9 Å². The minimum Gasteiger partial charge on any atom is -0.483 e. The predicted molar refractivity (Wildman–Crippen MR) is 107 cm³/mol. The van der Waals surface area contributed by atoms with Crippen LogP contribution in [0.1, 0.15) is 25.3 Å². The topological polar surface area (TPSA) is 38.3 Å². The third kappa shape index (κ3) is 4.31. The van der Waals surface area contributed by atoms with E-state index in [-0.39, 0.29) is 12.5 Å². The van der Waals surface area contributed by atoms with E-state index >= 15 is 0 Å². The highest BCUT2D eigenvalue weighted by atomic mass is 16.5. The molecule has 0 aliphatic carbocycles. The van der Waals surface area contributed by atoms with Crippen LogP contribution < -0.4 is 10.1 Å². The maximum Gasteiger partial charge on any atom is 0.262 e. The van der Waals surface area contributed by atoms with Crippen LogP contribution in [-0.4, -0.2) is 12.5 Å². The molecule has 0 aliphatic rings. The Balaban J connectivity index is 1.70. The molecule has 132 valence electrons. The van der Waals surface area contributed by atoms with Crippen molar-refractivity contribution in [2.24, 2.45) is 0 Å². The molecule has 1 N–H and O–H groups in total. The van der Waals surface area contributed by atoms with Gasteiger partial charge in [0.25, 0.3) is 5.91 Å². The highest BCUT2D eigenvalue weighted by Crippen LogP contribution is 2.29. The normalized spacial score (nSPS) is 10.6. The fourth-order valence-corrected chi connectivity index (χ4v) is 2.89. The number of para-hydroxylation sites is 2. The number of anilines is 1. The van der Waals surface area contributed by atoms with Gasteiger partial charge in [-0.15, -0.1) is 0 Å². The zero-order valence-electron chi connectivity index (χ0n) is 15.1. The summed E-state index contributed by atoms with van der Waals surface area (Å²) in [5.41, 5.74) is 4.00. The van der Waals surface area contributed by atoms with Gasteiger partial charge in [-0.1, -0.05) is 80.6 Å². The Hall–Kier alpha value is -3.07. The van der Waals surface area contributed by atoms with Gasteiger partial charge in [-0.05, 0) is 29.2 Å². The maximum absolute atomic E-state index is 12.4. The van der Waals surface area contributed by atoms with E-state index in [1.54, 1.807) is 0 Å². The standard InChI is InChI=1S/C23H23NO2/c1-17(2)19-12-6-8-14-21(19)24-23(25)16-26-22-15-9-7-13-20(22)18-10-4-3-5-11-18/h3-15,17H,16H2,1-2H3,(H,24,25). The molecule has 0 spiro atoms. The molecular formula is C23H23NO2. The molecule has 3 aromatic carbocycles. The number of carbonyl (C=O) groups excluding carboxylic acids is 1. The Morgan fingerprint density at radius 3 is 2.31 bits per heavy atom. The fourth-order valence-electron chi connectivity index (χ4n) is 2.89. The first kappa shape index (κ1) is 17.7. The molecule has 0 saturated heterocycles. The summed E-state index contributed by atoms with van der Waals surface area (Å²) < 4.78 is 5.81. The molecule has 0 bridgehead atoms. The van der Waals surface area contributed by atoms with Crippen molar-refractivity contribution < 1.29 is 9.53 Å². The van der Waals surface area contributed by atoms with E-state index in [1.807, 2.05) is 78.9 Å². The molecule has 0 unspecified atom stereocenters. The van der Waals surface area contributed by atoms with Crippen molar-refractivity contribution in [3.63, 3.8) is 0 Å². The molecule has 3 rings (SSSR count). The number of hydrogen-bond acceptors (Lipinski definition) is 2. The largest absolute Gasteiger partial charge is 0.483 e. The van der Waals surface area contributed by atoms with Crippen molar-refractivity contribution in [3.05, 3.63) is 84.4 Å². The first-order chi connectivity index (χ1) is 12.6. The summed E-state index contributed by atoms with van der Waals surface area (Å²) >= 11 is 0. The molecule has 1 amide bonds. The van der Waals surface area contributed by atoms with Gasteiger partial charge in [0, 0.05) is 11.3 Å². The van der Waals surface area contributed by atoms with Crippen molar-refractivity contribution >= 4 is 11.6 Å². The second-order valence-electron chi connectivity index (χ2n) is 6.44. The lowest BCUT2D eigenvalue weighted by Gasteiger charge is -2.15. The van der Waals surface area contributed by atoms with Gasteiger partial charge >= 0.3 is 0 Å². The molecule has 0 aromatic heterocycles. The van der Waals surface area contributed by atoms with Crippen LogP contribution >= 0.6 is 0 Å². The van der Waals surface area contributed by atoms with Crippen LogP contribution in [0.2, 0.25) is 0 Å². The molecular weight excluding hydrogens is 322 g/mol. The lowest BCUT2D eigenvalue weighted by molar-refractivity contribution is -0.118. The second kappa shape index (κ2) is 8.34. The zero-order chi connectivity index (χ0) is 18.4. The third-order valence-electron chi connectivity index (χ3n) is 4.19. The molecule has 0 atom stereocenters. The summed E-state index contributed by atoms with van der Waals surface area (Å²) in [7, 11) is 0. The molecule has 26 heavy (non-hydrogen) atoms. The molecule has 3 heteroatoms. The highest BCUT2D eigenvalue weighted by molar-refractivity contribution is 5.92. The van der Waals surface area contributed by atoms with E-state index in [4.69, 9.17) is 4.74 Å². The summed E-state index contributed by atoms with van der Waals surface area (Å²) in [6.07, 6.45) is 0. The van der Waals surface area contributed by atoms with Crippen LogP contribution in [0.4, 0.5) is 5.69 Å². The van der Waals surface area contributed by atoms with Gasteiger partial charge in [-0.3, -0.25) is 4.79 Å².